The first kappa shape index (κ1) is 11.9. The maximum atomic E-state index is 11.5. The van der Waals surface area contributed by atoms with Crippen LogP contribution in [0.1, 0.15) is 51.4 Å². The SMILES string of the molecule is O=C(CNC1CCCC1)NCCC1CCC1. The molecule has 2 aliphatic rings. The van der Waals surface area contributed by atoms with Crippen LogP contribution in [-0.2, 0) is 4.79 Å². The molecule has 2 rings (SSSR count). The molecule has 0 aliphatic heterocycles. The Morgan fingerprint density at radius 1 is 1.06 bits per heavy atom. The average molecular weight is 224 g/mol. The Hall–Kier alpha value is -0.570. The van der Waals surface area contributed by atoms with Crippen LogP contribution >= 0.6 is 0 Å². The van der Waals surface area contributed by atoms with Gasteiger partial charge in [0.2, 0.25) is 5.91 Å². The minimum atomic E-state index is 0.172. The maximum absolute atomic E-state index is 11.5. The van der Waals surface area contributed by atoms with Crippen LogP contribution < -0.4 is 10.6 Å². The van der Waals surface area contributed by atoms with Crippen LogP contribution in [0.4, 0.5) is 0 Å². The molecule has 0 aromatic carbocycles. The molecule has 1 amide bonds. The first-order valence-electron chi connectivity index (χ1n) is 6.84. The average Bonchev–Trinajstić information content (AvgIpc) is 2.71. The molecule has 2 N–H and O–H groups in total. The van der Waals surface area contributed by atoms with Gasteiger partial charge in [-0.05, 0) is 25.2 Å². The Bertz CT molecular complexity index is 220. The highest BCUT2D eigenvalue weighted by atomic mass is 16.1. The molecule has 16 heavy (non-hydrogen) atoms. The molecule has 0 bridgehead atoms. The Kier molecular flexibility index (Phi) is 4.64. The molecule has 0 saturated heterocycles. The molecule has 0 spiro atoms. The van der Waals surface area contributed by atoms with Crippen LogP contribution in [0.5, 0.6) is 0 Å². The Morgan fingerprint density at radius 3 is 2.44 bits per heavy atom. The molecule has 0 radical (unpaired) electrons. The lowest BCUT2D eigenvalue weighted by molar-refractivity contribution is -0.120. The third-order valence-electron chi connectivity index (χ3n) is 4.01. The van der Waals surface area contributed by atoms with Gasteiger partial charge in [0.15, 0.2) is 0 Å². The van der Waals surface area contributed by atoms with Crippen molar-refractivity contribution in [2.24, 2.45) is 5.92 Å². The number of nitrogens with one attached hydrogen (secondary N) is 2. The molecule has 92 valence electrons. The van der Waals surface area contributed by atoms with Gasteiger partial charge in [-0.25, -0.2) is 0 Å². The molecule has 0 atom stereocenters. The van der Waals surface area contributed by atoms with Crippen molar-refractivity contribution < 1.29 is 4.79 Å². The van der Waals surface area contributed by atoms with Gasteiger partial charge in [0.05, 0.1) is 6.54 Å². The summed E-state index contributed by atoms with van der Waals surface area (Å²) in [5, 5.41) is 6.34. The smallest absolute Gasteiger partial charge is 0.233 e. The number of hydrogen-bond donors (Lipinski definition) is 2. The summed E-state index contributed by atoms with van der Waals surface area (Å²) in [6.07, 6.45) is 10.4. The molecule has 3 nitrogen and oxygen atoms in total. The van der Waals surface area contributed by atoms with Gasteiger partial charge in [0, 0.05) is 12.6 Å². The second-order valence-corrected chi connectivity index (χ2v) is 5.30. The van der Waals surface area contributed by atoms with Crippen molar-refractivity contribution in [2.45, 2.75) is 57.4 Å². The lowest BCUT2D eigenvalue weighted by atomic mass is 9.83. The van der Waals surface area contributed by atoms with Crippen LogP contribution in [0, 0.1) is 5.92 Å². The van der Waals surface area contributed by atoms with Gasteiger partial charge in [0.1, 0.15) is 0 Å². The maximum Gasteiger partial charge on any atom is 0.233 e. The molecular formula is C13H24N2O. The molecule has 3 heteroatoms. The molecule has 0 heterocycles. The number of amides is 1. The van der Waals surface area contributed by atoms with E-state index in [1.54, 1.807) is 0 Å². The fraction of sp³-hybridized carbons (Fsp3) is 0.923. The molecule has 0 aromatic heterocycles. The zero-order valence-electron chi connectivity index (χ0n) is 10.1. The molecule has 2 aliphatic carbocycles. The Labute approximate surface area is 98.4 Å². The molecule has 0 unspecified atom stereocenters. The zero-order valence-corrected chi connectivity index (χ0v) is 10.1. The van der Waals surface area contributed by atoms with E-state index in [-0.39, 0.29) is 5.91 Å². The van der Waals surface area contributed by atoms with Gasteiger partial charge in [-0.15, -0.1) is 0 Å². The highest BCUT2D eigenvalue weighted by Crippen LogP contribution is 2.28. The topological polar surface area (TPSA) is 41.1 Å². The van der Waals surface area contributed by atoms with Crippen molar-refractivity contribution >= 4 is 5.91 Å². The monoisotopic (exact) mass is 224 g/mol. The largest absolute Gasteiger partial charge is 0.355 e. The lowest BCUT2D eigenvalue weighted by Crippen LogP contribution is -2.38. The standard InChI is InChI=1S/C13H24N2O/c16-13(10-15-12-6-1-2-7-12)14-9-8-11-4-3-5-11/h11-12,15H,1-10H2,(H,14,16). The van der Waals surface area contributed by atoms with E-state index in [1.807, 2.05) is 0 Å². The molecule has 0 aromatic rings. The predicted molar refractivity (Wildman–Crippen MR) is 65.2 cm³/mol. The third-order valence-corrected chi connectivity index (χ3v) is 4.01. The van der Waals surface area contributed by atoms with E-state index in [2.05, 4.69) is 10.6 Å². The second-order valence-electron chi connectivity index (χ2n) is 5.30. The summed E-state index contributed by atoms with van der Waals surface area (Å²) in [7, 11) is 0. The van der Waals surface area contributed by atoms with Crippen LogP contribution in [0.3, 0.4) is 0 Å². The van der Waals surface area contributed by atoms with E-state index >= 15 is 0 Å². The first-order chi connectivity index (χ1) is 7.84. The highest BCUT2D eigenvalue weighted by molar-refractivity contribution is 5.77. The van der Waals surface area contributed by atoms with Crippen molar-refractivity contribution in [1.82, 2.24) is 10.6 Å². The fourth-order valence-corrected chi connectivity index (χ4v) is 2.63. The lowest BCUT2D eigenvalue weighted by Gasteiger charge is -2.25. The van der Waals surface area contributed by atoms with Crippen molar-refractivity contribution in [3.8, 4) is 0 Å². The van der Waals surface area contributed by atoms with E-state index in [0.29, 0.717) is 12.6 Å². The van der Waals surface area contributed by atoms with Gasteiger partial charge in [-0.3, -0.25) is 4.79 Å². The van der Waals surface area contributed by atoms with E-state index in [9.17, 15) is 4.79 Å². The summed E-state index contributed by atoms with van der Waals surface area (Å²) < 4.78 is 0. The van der Waals surface area contributed by atoms with Crippen molar-refractivity contribution in [3.63, 3.8) is 0 Å². The van der Waals surface area contributed by atoms with Crippen LogP contribution in [-0.4, -0.2) is 25.0 Å². The quantitative estimate of drug-likeness (QED) is 0.722. The minimum absolute atomic E-state index is 0.172. The first-order valence-corrected chi connectivity index (χ1v) is 6.84. The van der Waals surface area contributed by atoms with Gasteiger partial charge in [-0.1, -0.05) is 32.1 Å². The van der Waals surface area contributed by atoms with Gasteiger partial charge < -0.3 is 10.6 Å². The summed E-state index contributed by atoms with van der Waals surface area (Å²) in [6.45, 7) is 1.38. The van der Waals surface area contributed by atoms with Crippen molar-refractivity contribution in [2.75, 3.05) is 13.1 Å². The van der Waals surface area contributed by atoms with Crippen molar-refractivity contribution in [3.05, 3.63) is 0 Å². The molecule has 2 fully saturated rings. The van der Waals surface area contributed by atoms with E-state index < -0.39 is 0 Å². The van der Waals surface area contributed by atoms with Crippen LogP contribution in [0.15, 0.2) is 0 Å². The molecule has 2 saturated carbocycles. The molecular weight excluding hydrogens is 200 g/mol. The number of hydrogen-bond acceptors (Lipinski definition) is 2. The summed E-state index contributed by atoms with van der Waals surface area (Å²) in [4.78, 5) is 11.5. The van der Waals surface area contributed by atoms with Gasteiger partial charge in [-0.2, -0.15) is 0 Å². The van der Waals surface area contributed by atoms with Gasteiger partial charge >= 0.3 is 0 Å². The zero-order chi connectivity index (χ0) is 11.2. The predicted octanol–water partition coefficient (Wildman–Crippen LogP) is 1.82. The Morgan fingerprint density at radius 2 is 1.81 bits per heavy atom. The van der Waals surface area contributed by atoms with E-state index in [4.69, 9.17) is 0 Å². The number of rotatable bonds is 6. The fourth-order valence-electron chi connectivity index (χ4n) is 2.63. The van der Waals surface area contributed by atoms with E-state index in [1.165, 1.54) is 51.4 Å². The van der Waals surface area contributed by atoms with Crippen LogP contribution in [0.2, 0.25) is 0 Å². The second kappa shape index (κ2) is 6.24. The summed E-state index contributed by atoms with van der Waals surface area (Å²) in [6, 6.07) is 0.595. The number of carbonyl (C=O) groups is 1. The third kappa shape index (κ3) is 3.78. The van der Waals surface area contributed by atoms with Gasteiger partial charge in [0.25, 0.3) is 0 Å². The van der Waals surface area contributed by atoms with E-state index in [0.717, 1.165) is 12.5 Å². The summed E-state index contributed by atoms with van der Waals surface area (Å²) in [5.74, 6) is 1.06. The van der Waals surface area contributed by atoms with Crippen molar-refractivity contribution in [1.29, 1.82) is 0 Å². The van der Waals surface area contributed by atoms with Crippen LogP contribution in [0.25, 0.3) is 0 Å². The Balaban J connectivity index is 1.46. The minimum Gasteiger partial charge on any atom is -0.355 e. The normalized spacial score (nSPS) is 22.0. The summed E-state index contributed by atoms with van der Waals surface area (Å²) >= 11 is 0. The highest BCUT2D eigenvalue weighted by Gasteiger charge is 2.17. The summed E-state index contributed by atoms with van der Waals surface area (Å²) in [5.41, 5.74) is 0. The number of carbonyl (C=O) groups excluding carboxylic acids is 1.